The van der Waals surface area contributed by atoms with E-state index in [1.54, 1.807) is 53.2 Å². The normalized spacial score (nSPS) is 25.6. The highest BCUT2D eigenvalue weighted by atomic mass is 35.5. The van der Waals surface area contributed by atoms with Crippen molar-refractivity contribution < 1.29 is 39.4 Å². The molecule has 32 heavy (non-hydrogen) atoms. The summed E-state index contributed by atoms with van der Waals surface area (Å²) in [5.74, 6) is -0.283. The fourth-order valence-corrected chi connectivity index (χ4v) is 3.94. The first-order valence-corrected chi connectivity index (χ1v) is 10.2. The number of rotatable bonds is 5. The molecule has 0 spiro atoms. The lowest BCUT2D eigenvalue weighted by molar-refractivity contribution is -0.280. The molecule has 170 valence electrons. The van der Waals surface area contributed by atoms with E-state index in [0.717, 1.165) is 0 Å². The average molecular weight is 464 g/mol. The number of esters is 1. The zero-order valence-corrected chi connectivity index (χ0v) is 17.7. The number of fused-ring (bicyclic) bond motifs is 1. The molecule has 1 aliphatic rings. The largest absolute Gasteiger partial charge is 0.480 e. The van der Waals surface area contributed by atoms with E-state index in [2.05, 4.69) is 0 Å². The molecule has 2 aromatic carbocycles. The lowest BCUT2D eigenvalue weighted by Gasteiger charge is -2.39. The topological polar surface area (TPSA) is 131 Å². The first-order valence-electron chi connectivity index (χ1n) is 9.81. The number of aromatic nitrogens is 1. The molecule has 1 aromatic heterocycles. The van der Waals surface area contributed by atoms with E-state index >= 15 is 0 Å². The quantitative estimate of drug-likeness (QED) is 0.416. The van der Waals surface area contributed by atoms with Gasteiger partial charge in [-0.1, -0.05) is 23.7 Å². The summed E-state index contributed by atoms with van der Waals surface area (Å²) in [6.07, 6.45) is -5.49. The SMILES string of the molecule is COC(=O)c1ccccc1-n1cc(O[C@@H]2[C@@H](O)[C@@H](O)[C@@H](CO)O[C@H]2O)c2ccc(Cl)cc21. The van der Waals surface area contributed by atoms with E-state index in [1.165, 1.54) is 7.11 Å². The second-order valence-corrected chi connectivity index (χ2v) is 7.78. The van der Waals surface area contributed by atoms with Crippen LogP contribution in [0, 0.1) is 0 Å². The highest BCUT2D eigenvalue weighted by molar-refractivity contribution is 6.31. The smallest absolute Gasteiger partial charge is 0.339 e. The fraction of sp³-hybridized carbons (Fsp3) is 0.318. The van der Waals surface area contributed by atoms with Crippen LogP contribution in [0.3, 0.4) is 0 Å². The Morgan fingerprint density at radius 2 is 1.91 bits per heavy atom. The van der Waals surface area contributed by atoms with Crippen LogP contribution < -0.4 is 4.74 Å². The first kappa shape index (κ1) is 22.5. The number of halogens is 1. The van der Waals surface area contributed by atoms with Crippen molar-refractivity contribution in [2.75, 3.05) is 13.7 Å². The Bertz CT molecular complexity index is 1130. The number of aliphatic hydroxyl groups is 4. The van der Waals surface area contributed by atoms with Crippen molar-refractivity contribution in [2.24, 2.45) is 0 Å². The molecule has 0 radical (unpaired) electrons. The van der Waals surface area contributed by atoms with Crippen molar-refractivity contribution in [3.05, 3.63) is 59.2 Å². The molecule has 9 nitrogen and oxygen atoms in total. The van der Waals surface area contributed by atoms with Crippen LogP contribution in [0.25, 0.3) is 16.6 Å². The number of aliphatic hydroxyl groups excluding tert-OH is 4. The van der Waals surface area contributed by atoms with E-state index in [-0.39, 0.29) is 5.75 Å². The zero-order chi connectivity index (χ0) is 23.0. The van der Waals surface area contributed by atoms with E-state index in [0.29, 0.717) is 27.2 Å². The monoisotopic (exact) mass is 463 g/mol. The van der Waals surface area contributed by atoms with Crippen molar-refractivity contribution in [1.82, 2.24) is 4.57 Å². The second kappa shape index (κ2) is 9.07. The van der Waals surface area contributed by atoms with Crippen LogP contribution in [0.15, 0.2) is 48.7 Å². The molecule has 1 saturated heterocycles. The van der Waals surface area contributed by atoms with Gasteiger partial charge in [0, 0.05) is 10.4 Å². The number of benzene rings is 2. The zero-order valence-electron chi connectivity index (χ0n) is 17.0. The maximum absolute atomic E-state index is 12.3. The molecule has 10 heteroatoms. The summed E-state index contributed by atoms with van der Waals surface area (Å²) in [7, 11) is 1.29. The molecule has 0 saturated carbocycles. The highest BCUT2D eigenvalue weighted by Crippen LogP contribution is 2.36. The predicted octanol–water partition coefficient (Wildman–Crippen LogP) is 1.25. The number of nitrogens with zero attached hydrogens (tertiary/aromatic N) is 1. The molecule has 1 fully saturated rings. The summed E-state index contributed by atoms with van der Waals surface area (Å²) >= 11 is 6.20. The van der Waals surface area contributed by atoms with E-state index in [9.17, 15) is 25.2 Å². The van der Waals surface area contributed by atoms with Gasteiger partial charge in [-0.15, -0.1) is 0 Å². The number of hydrogen-bond donors (Lipinski definition) is 4. The first-order chi connectivity index (χ1) is 15.3. The van der Waals surface area contributed by atoms with Gasteiger partial charge in [0.1, 0.15) is 24.1 Å². The Balaban J connectivity index is 1.80. The van der Waals surface area contributed by atoms with Crippen LogP contribution in [0.1, 0.15) is 10.4 Å². The Labute approximate surface area is 187 Å². The molecular weight excluding hydrogens is 442 g/mol. The second-order valence-electron chi connectivity index (χ2n) is 7.34. The molecule has 0 bridgehead atoms. The van der Waals surface area contributed by atoms with Gasteiger partial charge >= 0.3 is 5.97 Å². The average Bonchev–Trinajstić information content (AvgIpc) is 3.15. The summed E-state index contributed by atoms with van der Waals surface area (Å²) in [5.41, 5.74) is 1.40. The Kier molecular flexibility index (Phi) is 6.38. The third kappa shape index (κ3) is 3.95. The third-order valence-electron chi connectivity index (χ3n) is 5.41. The summed E-state index contributed by atoms with van der Waals surface area (Å²) in [5, 5.41) is 41.2. The Hall–Kier alpha value is -2.66. The van der Waals surface area contributed by atoms with E-state index in [4.69, 9.17) is 25.8 Å². The lowest BCUT2D eigenvalue weighted by Crippen LogP contribution is -2.60. The van der Waals surface area contributed by atoms with Gasteiger partial charge in [-0.2, -0.15) is 0 Å². The van der Waals surface area contributed by atoms with Crippen LogP contribution in [0.5, 0.6) is 5.75 Å². The fourth-order valence-electron chi connectivity index (χ4n) is 3.77. The molecule has 3 aromatic rings. The van der Waals surface area contributed by atoms with Crippen molar-refractivity contribution in [2.45, 2.75) is 30.7 Å². The molecule has 2 heterocycles. The molecule has 4 rings (SSSR count). The Morgan fingerprint density at radius 3 is 2.62 bits per heavy atom. The van der Waals surface area contributed by atoms with Gasteiger partial charge in [0.05, 0.1) is 36.7 Å². The van der Waals surface area contributed by atoms with Crippen LogP contribution in [-0.2, 0) is 9.47 Å². The number of carbonyl (C=O) groups excluding carboxylic acids is 1. The van der Waals surface area contributed by atoms with Gasteiger partial charge in [-0.3, -0.25) is 0 Å². The number of carbonyl (C=O) groups is 1. The summed E-state index contributed by atoms with van der Waals surface area (Å²) in [4.78, 5) is 12.3. The van der Waals surface area contributed by atoms with E-state index < -0.39 is 43.3 Å². The van der Waals surface area contributed by atoms with Gasteiger partial charge < -0.3 is 39.2 Å². The van der Waals surface area contributed by atoms with Crippen LogP contribution >= 0.6 is 11.6 Å². The molecular formula is C22H22ClNO8. The highest BCUT2D eigenvalue weighted by Gasteiger charge is 2.45. The molecule has 0 amide bonds. The predicted molar refractivity (Wildman–Crippen MR) is 114 cm³/mol. The number of methoxy groups -OCH3 is 1. The van der Waals surface area contributed by atoms with Gasteiger partial charge in [0.15, 0.2) is 12.4 Å². The third-order valence-corrected chi connectivity index (χ3v) is 5.64. The van der Waals surface area contributed by atoms with Crippen LogP contribution in [0.4, 0.5) is 0 Å². The number of hydrogen-bond acceptors (Lipinski definition) is 8. The lowest BCUT2D eigenvalue weighted by atomic mass is 9.99. The van der Waals surface area contributed by atoms with Crippen molar-refractivity contribution in [3.8, 4) is 11.4 Å². The van der Waals surface area contributed by atoms with Crippen molar-refractivity contribution in [3.63, 3.8) is 0 Å². The van der Waals surface area contributed by atoms with Crippen LogP contribution in [0.2, 0.25) is 5.02 Å². The minimum Gasteiger partial charge on any atom is -0.480 e. The molecule has 1 aliphatic heterocycles. The minimum atomic E-state index is -1.60. The standard InChI is InChI=1S/C22H22ClNO8/c1-30-21(28)13-4-2-3-5-14(13)24-9-16(12-7-6-11(23)8-15(12)24)31-20-19(27)18(26)17(10-25)32-22(20)29/h2-9,17-20,22,25-27,29H,10H2,1H3/t17-,18+,19+,20-,22-/m1/s1. The van der Waals surface area contributed by atoms with Gasteiger partial charge in [0.25, 0.3) is 0 Å². The van der Waals surface area contributed by atoms with Gasteiger partial charge in [0.2, 0.25) is 0 Å². The molecule has 4 N–H and O–H groups in total. The van der Waals surface area contributed by atoms with Gasteiger partial charge in [-0.05, 0) is 30.3 Å². The number of para-hydroxylation sites is 1. The maximum Gasteiger partial charge on any atom is 0.339 e. The maximum atomic E-state index is 12.3. The summed E-state index contributed by atoms with van der Waals surface area (Å²) < 4.78 is 17.6. The van der Waals surface area contributed by atoms with Crippen molar-refractivity contribution in [1.29, 1.82) is 0 Å². The van der Waals surface area contributed by atoms with Gasteiger partial charge in [-0.25, -0.2) is 4.79 Å². The Morgan fingerprint density at radius 1 is 1.16 bits per heavy atom. The molecule has 0 aliphatic carbocycles. The molecule has 0 unspecified atom stereocenters. The van der Waals surface area contributed by atoms with Crippen molar-refractivity contribution >= 4 is 28.5 Å². The summed E-state index contributed by atoms with van der Waals surface area (Å²) in [6.45, 7) is -0.579. The van der Waals surface area contributed by atoms with Crippen LogP contribution in [-0.4, -0.2) is 75.4 Å². The number of ether oxygens (including phenoxy) is 3. The summed E-state index contributed by atoms with van der Waals surface area (Å²) in [6, 6.07) is 11.8. The molecule has 5 atom stereocenters. The minimum absolute atomic E-state index is 0.248. The van der Waals surface area contributed by atoms with E-state index in [1.807, 2.05) is 0 Å².